The Morgan fingerprint density at radius 2 is 1.85 bits per heavy atom. The van der Waals surface area contributed by atoms with Crippen molar-refractivity contribution in [2.45, 2.75) is 39.8 Å². The van der Waals surface area contributed by atoms with E-state index < -0.39 is 5.54 Å². The van der Waals surface area contributed by atoms with E-state index in [2.05, 4.69) is 5.32 Å². The maximum Gasteiger partial charge on any atom is 0.242 e. The van der Waals surface area contributed by atoms with E-state index in [-0.39, 0.29) is 5.91 Å². The molecule has 4 heteroatoms. The Bertz CT molecular complexity index is 427. The Labute approximate surface area is 122 Å². The lowest BCUT2D eigenvalue weighted by molar-refractivity contribution is -0.136. The van der Waals surface area contributed by atoms with Crippen molar-refractivity contribution in [3.63, 3.8) is 0 Å². The molecule has 112 valence electrons. The van der Waals surface area contributed by atoms with Crippen LogP contribution in [-0.2, 0) is 11.3 Å². The predicted molar refractivity (Wildman–Crippen MR) is 81.8 cm³/mol. The Balaban J connectivity index is 2.65. The van der Waals surface area contributed by atoms with Gasteiger partial charge in [-0.3, -0.25) is 4.79 Å². The molecule has 0 radical (unpaired) electrons. The zero-order valence-electron chi connectivity index (χ0n) is 13.2. The third-order valence-electron chi connectivity index (χ3n) is 3.15. The molecule has 20 heavy (non-hydrogen) atoms. The van der Waals surface area contributed by atoms with Crippen LogP contribution in [0.5, 0.6) is 5.75 Å². The molecule has 0 aliphatic carbocycles. The van der Waals surface area contributed by atoms with Gasteiger partial charge in [-0.1, -0.05) is 19.1 Å². The first kappa shape index (κ1) is 16.5. The fourth-order valence-corrected chi connectivity index (χ4v) is 2.20. The largest absolute Gasteiger partial charge is 0.494 e. The van der Waals surface area contributed by atoms with Crippen LogP contribution in [0.4, 0.5) is 0 Å². The summed E-state index contributed by atoms with van der Waals surface area (Å²) in [7, 11) is 1.83. The maximum atomic E-state index is 12.4. The number of hydrogen-bond donors (Lipinski definition) is 1. The molecule has 0 aliphatic heterocycles. The van der Waals surface area contributed by atoms with E-state index in [0.29, 0.717) is 13.2 Å². The van der Waals surface area contributed by atoms with Crippen LogP contribution in [0.2, 0.25) is 0 Å². The molecule has 1 aromatic rings. The van der Waals surface area contributed by atoms with Crippen molar-refractivity contribution in [1.29, 1.82) is 0 Å². The molecule has 0 bridgehead atoms. The van der Waals surface area contributed by atoms with E-state index in [0.717, 1.165) is 17.9 Å². The zero-order valence-corrected chi connectivity index (χ0v) is 13.2. The summed E-state index contributed by atoms with van der Waals surface area (Å²) in [6, 6.07) is 7.86. The minimum atomic E-state index is -0.533. The fourth-order valence-electron chi connectivity index (χ4n) is 2.20. The molecule has 0 unspecified atom stereocenters. The van der Waals surface area contributed by atoms with Crippen LogP contribution < -0.4 is 10.1 Å². The zero-order chi connectivity index (χ0) is 15.2. The van der Waals surface area contributed by atoms with E-state index in [9.17, 15) is 4.79 Å². The fraction of sp³-hybridized carbons (Fsp3) is 0.562. The molecule has 1 aromatic carbocycles. The van der Waals surface area contributed by atoms with Crippen LogP contribution in [0, 0.1) is 0 Å². The highest BCUT2D eigenvalue weighted by molar-refractivity contribution is 5.85. The molecule has 0 atom stereocenters. The van der Waals surface area contributed by atoms with E-state index in [4.69, 9.17) is 4.74 Å². The number of hydrogen-bond acceptors (Lipinski definition) is 3. The Kier molecular flexibility index (Phi) is 6.02. The molecule has 0 aromatic heterocycles. The molecule has 1 amide bonds. The average molecular weight is 278 g/mol. The highest BCUT2D eigenvalue weighted by atomic mass is 16.5. The second-order valence-corrected chi connectivity index (χ2v) is 5.39. The maximum absolute atomic E-state index is 12.4. The molecule has 0 heterocycles. The standard InChI is InChI=1S/C16H26N2O2/c1-6-17-16(3,4)15(19)18(5)12-13-8-10-14(11-9-13)20-7-2/h8-11,17H,6-7,12H2,1-5H3. The van der Waals surface area contributed by atoms with Gasteiger partial charge in [0, 0.05) is 13.6 Å². The number of nitrogens with one attached hydrogen (secondary N) is 1. The summed E-state index contributed by atoms with van der Waals surface area (Å²) >= 11 is 0. The number of rotatable bonds is 7. The van der Waals surface area contributed by atoms with Crippen molar-refractivity contribution in [3.05, 3.63) is 29.8 Å². The van der Waals surface area contributed by atoms with Crippen molar-refractivity contribution in [2.24, 2.45) is 0 Å². The molecular formula is C16H26N2O2. The second-order valence-electron chi connectivity index (χ2n) is 5.39. The monoisotopic (exact) mass is 278 g/mol. The van der Waals surface area contributed by atoms with Crippen LogP contribution >= 0.6 is 0 Å². The third kappa shape index (κ3) is 4.53. The van der Waals surface area contributed by atoms with Gasteiger partial charge < -0.3 is 15.0 Å². The third-order valence-corrected chi connectivity index (χ3v) is 3.15. The number of nitrogens with zero attached hydrogens (tertiary/aromatic N) is 1. The van der Waals surface area contributed by atoms with E-state index in [1.807, 2.05) is 59.0 Å². The van der Waals surface area contributed by atoms with Gasteiger partial charge in [0.2, 0.25) is 5.91 Å². The van der Waals surface area contributed by atoms with Gasteiger partial charge in [0.1, 0.15) is 5.75 Å². The molecule has 0 saturated heterocycles. The van der Waals surface area contributed by atoms with Gasteiger partial charge in [-0.2, -0.15) is 0 Å². The Morgan fingerprint density at radius 3 is 2.35 bits per heavy atom. The lowest BCUT2D eigenvalue weighted by atomic mass is 10.0. The van der Waals surface area contributed by atoms with Crippen molar-refractivity contribution >= 4 is 5.91 Å². The molecule has 0 saturated carbocycles. The summed E-state index contributed by atoms with van der Waals surface area (Å²) in [5, 5.41) is 3.20. The lowest BCUT2D eigenvalue weighted by Crippen LogP contribution is -2.52. The molecule has 0 spiro atoms. The smallest absolute Gasteiger partial charge is 0.242 e. The average Bonchev–Trinajstić information content (AvgIpc) is 2.40. The van der Waals surface area contributed by atoms with Gasteiger partial charge in [-0.25, -0.2) is 0 Å². The van der Waals surface area contributed by atoms with E-state index >= 15 is 0 Å². The first-order valence-electron chi connectivity index (χ1n) is 7.13. The van der Waals surface area contributed by atoms with Crippen LogP contribution in [0.3, 0.4) is 0 Å². The van der Waals surface area contributed by atoms with Gasteiger partial charge in [0.25, 0.3) is 0 Å². The molecule has 0 aliphatic rings. The topological polar surface area (TPSA) is 41.6 Å². The van der Waals surface area contributed by atoms with E-state index in [1.54, 1.807) is 4.90 Å². The number of amides is 1. The number of likely N-dealkylation sites (N-methyl/N-ethyl adjacent to an activating group) is 2. The molecule has 1 rings (SSSR count). The minimum absolute atomic E-state index is 0.0910. The van der Waals surface area contributed by atoms with Crippen LogP contribution in [-0.4, -0.2) is 36.5 Å². The highest BCUT2D eigenvalue weighted by Gasteiger charge is 2.29. The van der Waals surface area contributed by atoms with E-state index in [1.165, 1.54) is 0 Å². The molecule has 1 N–H and O–H groups in total. The SMILES string of the molecule is CCNC(C)(C)C(=O)N(C)Cc1ccc(OCC)cc1. The quantitative estimate of drug-likeness (QED) is 0.833. The molecule has 0 fully saturated rings. The summed E-state index contributed by atoms with van der Waals surface area (Å²) in [6.07, 6.45) is 0. The van der Waals surface area contributed by atoms with Crippen LogP contribution in [0.15, 0.2) is 24.3 Å². The number of carbonyl (C=O) groups is 1. The van der Waals surface area contributed by atoms with Crippen molar-refractivity contribution in [2.75, 3.05) is 20.2 Å². The first-order chi connectivity index (χ1) is 9.40. The van der Waals surface area contributed by atoms with Crippen molar-refractivity contribution < 1.29 is 9.53 Å². The van der Waals surface area contributed by atoms with Gasteiger partial charge in [-0.15, -0.1) is 0 Å². The van der Waals surface area contributed by atoms with Gasteiger partial charge >= 0.3 is 0 Å². The number of carbonyl (C=O) groups excluding carboxylic acids is 1. The number of ether oxygens (including phenoxy) is 1. The van der Waals surface area contributed by atoms with Crippen molar-refractivity contribution in [3.8, 4) is 5.75 Å². The Morgan fingerprint density at radius 1 is 1.25 bits per heavy atom. The van der Waals surface area contributed by atoms with Gasteiger partial charge in [-0.05, 0) is 45.0 Å². The minimum Gasteiger partial charge on any atom is -0.494 e. The second kappa shape index (κ2) is 7.29. The van der Waals surface area contributed by atoms with Gasteiger partial charge in [0.15, 0.2) is 0 Å². The summed E-state index contributed by atoms with van der Waals surface area (Å²) in [5.74, 6) is 0.950. The summed E-state index contributed by atoms with van der Waals surface area (Å²) in [4.78, 5) is 14.1. The first-order valence-corrected chi connectivity index (χ1v) is 7.13. The normalized spacial score (nSPS) is 11.2. The van der Waals surface area contributed by atoms with Crippen LogP contribution in [0.25, 0.3) is 0 Å². The van der Waals surface area contributed by atoms with Gasteiger partial charge in [0.05, 0.1) is 12.1 Å². The molecule has 4 nitrogen and oxygen atoms in total. The van der Waals surface area contributed by atoms with Crippen molar-refractivity contribution in [1.82, 2.24) is 10.2 Å². The molecular weight excluding hydrogens is 252 g/mol. The summed E-state index contributed by atoms with van der Waals surface area (Å²) in [5.41, 5.74) is 0.561. The highest BCUT2D eigenvalue weighted by Crippen LogP contribution is 2.15. The lowest BCUT2D eigenvalue weighted by Gasteiger charge is -2.30. The summed E-state index contributed by atoms with van der Waals surface area (Å²) in [6.45, 7) is 9.82. The van der Waals surface area contributed by atoms with Crippen LogP contribution in [0.1, 0.15) is 33.3 Å². The summed E-state index contributed by atoms with van der Waals surface area (Å²) < 4.78 is 5.41. The Hall–Kier alpha value is -1.55. The predicted octanol–water partition coefficient (Wildman–Crippen LogP) is 2.43. The number of benzene rings is 1.